The molecule has 35 heavy (non-hydrogen) atoms. The van der Waals surface area contributed by atoms with Gasteiger partial charge in [0.15, 0.2) is 0 Å². The summed E-state index contributed by atoms with van der Waals surface area (Å²) >= 11 is 3.45. The normalized spacial score (nSPS) is 11.5. The van der Waals surface area contributed by atoms with Gasteiger partial charge in [-0.15, -0.1) is 0 Å². The Morgan fingerprint density at radius 1 is 0.971 bits per heavy atom. The van der Waals surface area contributed by atoms with Crippen molar-refractivity contribution in [2.75, 3.05) is 0 Å². The van der Waals surface area contributed by atoms with Crippen molar-refractivity contribution in [3.05, 3.63) is 117 Å². The number of ether oxygens (including phenoxy) is 1. The molecule has 0 aliphatic carbocycles. The van der Waals surface area contributed by atoms with Crippen molar-refractivity contribution in [1.82, 2.24) is 9.66 Å². The van der Waals surface area contributed by atoms with Crippen LogP contribution in [0.15, 0.2) is 99.3 Å². The van der Waals surface area contributed by atoms with Crippen LogP contribution in [0.1, 0.15) is 30.3 Å². The Hall–Kier alpha value is -3.77. The minimum absolute atomic E-state index is 0.190. The summed E-state index contributed by atoms with van der Waals surface area (Å²) in [7, 11) is 0. The average molecular weight is 526 g/mol. The molecule has 0 aliphatic heterocycles. The van der Waals surface area contributed by atoms with Crippen LogP contribution in [0.3, 0.4) is 0 Å². The Morgan fingerprint density at radius 3 is 2.66 bits per heavy atom. The van der Waals surface area contributed by atoms with Gasteiger partial charge in [0.05, 0.1) is 17.1 Å². The van der Waals surface area contributed by atoms with E-state index in [1.807, 2.05) is 54.6 Å². The number of aromatic nitrogens is 2. The van der Waals surface area contributed by atoms with Gasteiger partial charge in [-0.3, -0.25) is 4.79 Å². The van der Waals surface area contributed by atoms with Crippen LogP contribution in [0.5, 0.6) is 5.75 Å². The molecule has 174 valence electrons. The molecule has 0 atom stereocenters. The molecule has 0 amide bonds. The summed E-state index contributed by atoms with van der Waals surface area (Å²) in [5.41, 5.74) is 2.38. The minimum atomic E-state index is -0.190. The van der Waals surface area contributed by atoms with E-state index in [-0.39, 0.29) is 5.56 Å². The Balaban J connectivity index is 1.48. The summed E-state index contributed by atoms with van der Waals surface area (Å²) in [6, 6.07) is 27.7. The fourth-order valence-corrected chi connectivity index (χ4v) is 4.47. The van der Waals surface area contributed by atoms with E-state index in [2.05, 4.69) is 52.2 Å². The molecular weight excluding hydrogens is 502 g/mol. The highest BCUT2D eigenvalue weighted by Gasteiger charge is 2.11. The number of aryl methyl sites for hydroxylation is 1. The molecule has 0 saturated carbocycles. The lowest BCUT2D eigenvalue weighted by molar-refractivity contribution is 0.307. The smallest absolute Gasteiger partial charge is 0.282 e. The van der Waals surface area contributed by atoms with Gasteiger partial charge in [0.1, 0.15) is 18.2 Å². The van der Waals surface area contributed by atoms with E-state index in [1.165, 1.54) is 15.4 Å². The fourth-order valence-electron chi connectivity index (χ4n) is 4.11. The predicted octanol–water partition coefficient (Wildman–Crippen LogP) is 6.73. The first-order chi connectivity index (χ1) is 17.1. The lowest BCUT2D eigenvalue weighted by Crippen LogP contribution is -2.22. The van der Waals surface area contributed by atoms with Gasteiger partial charge in [0.2, 0.25) is 0 Å². The summed E-state index contributed by atoms with van der Waals surface area (Å²) in [5, 5.41) is 7.44. The van der Waals surface area contributed by atoms with Gasteiger partial charge in [-0.05, 0) is 53.1 Å². The van der Waals surface area contributed by atoms with E-state index in [4.69, 9.17) is 9.72 Å². The molecule has 1 heterocycles. The van der Waals surface area contributed by atoms with Gasteiger partial charge in [-0.25, -0.2) is 4.98 Å². The van der Waals surface area contributed by atoms with Crippen LogP contribution in [0.25, 0.3) is 21.7 Å². The zero-order chi connectivity index (χ0) is 24.2. The Morgan fingerprint density at radius 2 is 1.77 bits per heavy atom. The molecule has 0 radical (unpaired) electrons. The second-order valence-electron chi connectivity index (χ2n) is 8.27. The van der Waals surface area contributed by atoms with Crippen molar-refractivity contribution >= 4 is 43.8 Å². The van der Waals surface area contributed by atoms with Crippen molar-refractivity contribution in [3.8, 4) is 5.75 Å². The summed E-state index contributed by atoms with van der Waals surface area (Å²) in [4.78, 5) is 18.0. The molecule has 5 aromatic rings. The summed E-state index contributed by atoms with van der Waals surface area (Å²) in [6.07, 6.45) is 3.18. The third-order valence-electron chi connectivity index (χ3n) is 5.84. The van der Waals surface area contributed by atoms with Crippen LogP contribution in [-0.2, 0) is 13.0 Å². The van der Waals surface area contributed by atoms with Gasteiger partial charge in [-0.1, -0.05) is 77.5 Å². The first kappa shape index (κ1) is 23.0. The third-order valence-corrected chi connectivity index (χ3v) is 6.34. The Bertz CT molecular complexity index is 1600. The highest BCUT2D eigenvalue weighted by molar-refractivity contribution is 9.10. The van der Waals surface area contributed by atoms with Gasteiger partial charge in [0, 0.05) is 16.5 Å². The first-order valence-electron chi connectivity index (χ1n) is 11.6. The van der Waals surface area contributed by atoms with Gasteiger partial charge in [-0.2, -0.15) is 9.78 Å². The SMILES string of the molecule is CCCc1nc2ccc(Br)cc2c(=O)n1N=Cc1ccccc1OCc1cccc2ccccc12. The molecule has 0 saturated heterocycles. The standard InChI is InChI=1S/C29H24BrN3O2/c1-2-8-28-32-26-16-15-23(30)17-25(26)29(34)33(28)31-18-21-10-4-6-14-27(21)35-19-22-12-7-11-20-9-3-5-13-24(20)22/h3-7,9-18H,2,8,19H2,1H3. The number of rotatable bonds is 7. The molecular formula is C29H24BrN3O2. The van der Waals surface area contributed by atoms with Crippen LogP contribution in [0, 0.1) is 0 Å². The van der Waals surface area contributed by atoms with Crippen LogP contribution in [0.4, 0.5) is 0 Å². The quantitative estimate of drug-likeness (QED) is 0.221. The number of benzene rings is 4. The number of halogens is 1. The van der Waals surface area contributed by atoms with E-state index in [9.17, 15) is 4.79 Å². The monoisotopic (exact) mass is 525 g/mol. The lowest BCUT2D eigenvalue weighted by atomic mass is 10.1. The minimum Gasteiger partial charge on any atom is -0.488 e. The Kier molecular flexibility index (Phi) is 6.73. The molecule has 0 N–H and O–H groups in total. The maximum atomic E-state index is 13.3. The molecule has 0 bridgehead atoms. The molecule has 1 aromatic heterocycles. The zero-order valence-electron chi connectivity index (χ0n) is 19.3. The van der Waals surface area contributed by atoms with Crippen molar-refractivity contribution in [2.24, 2.45) is 5.10 Å². The van der Waals surface area contributed by atoms with Crippen molar-refractivity contribution in [3.63, 3.8) is 0 Å². The maximum Gasteiger partial charge on any atom is 0.282 e. The number of hydrogen-bond acceptors (Lipinski definition) is 4. The lowest BCUT2D eigenvalue weighted by Gasteiger charge is -2.12. The molecule has 0 fully saturated rings. The van der Waals surface area contributed by atoms with E-state index in [1.54, 1.807) is 12.3 Å². The van der Waals surface area contributed by atoms with Crippen molar-refractivity contribution < 1.29 is 4.74 Å². The average Bonchev–Trinajstić information content (AvgIpc) is 2.88. The topological polar surface area (TPSA) is 56.5 Å². The predicted molar refractivity (Wildman–Crippen MR) is 145 cm³/mol. The molecule has 0 aliphatic rings. The van der Waals surface area contributed by atoms with Gasteiger partial charge < -0.3 is 4.74 Å². The Labute approximate surface area is 211 Å². The molecule has 4 aromatic carbocycles. The van der Waals surface area contributed by atoms with Crippen LogP contribution in [0.2, 0.25) is 0 Å². The first-order valence-corrected chi connectivity index (χ1v) is 12.4. The fraction of sp³-hybridized carbons (Fsp3) is 0.138. The van der Waals surface area contributed by atoms with Crippen LogP contribution >= 0.6 is 15.9 Å². The molecule has 6 heteroatoms. The number of para-hydroxylation sites is 1. The van der Waals surface area contributed by atoms with E-state index >= 15 is 0 Å². The third kappa shape index (κ3) is 4.88. The highest BCUT2D eigenvalue weighted by atomic mass is 79.9. The summed E-state index contributed by atoms with van der Waals surface area (Å²) < 4.78 is 8.44. The number of nitrogens with zero attached hydrogens (tertiary/aromatic N) is 3. The number of hydrogen-bond donors (Lipinski definition) is 0. The van der Waals surface area contributed by atoms with Crippen molar-refractivity contribution in [2.45, 2.75) is 26.4 Å². The molecule has 5 rings (SSSR count). The van der Waals surface area contributed by atoms with Crippen LogP contribution < -0.4 is 10.3 Å². The van der Waals surface area contributed by atoms with E-state index in [0.717, 1.165) is 22.0 Å². The number of fused-ring (bicyclic) bond motifs is 2. The second-order valence-corrected chi connectivity index (χ2v) is 9.18. The maximum absolute atomic E-state index is 13.3. The van der Waals surface area contributed by atoms with E-state index in [0.29, 0.717) is 35.5 Å². The molecule has 5 nitrogen and oxygen atoms in total. The molecule has 0 spiro atoms. The van der Waals surface area contributed by atoms with Gasteiger partial charge in [0.25, 0.3) is 5.56 Å². The van der Waals surface area contributed by atoms with Gasteiger partial charge >= 0.3 is 0 Å². The van der Waals surface area contributed by atoms with Crippen LogP contribution in [-0.4, -0.2) is 15.9 Å². The second kappa shape index (κ2) is 10.2. The zero-order valence-corrected chi connectivity index (χ0v) is 20.9. The summed E-state index contributed by atoms with van der Waals surface area (Å²) in [5.74, 6) is 1.34. The molecule has 0 unspecified atom stereocenters. The van der Waals surface area contributed by atoms with E-state index < -0.39 is 0 Å². The highest BCUT2D eigenvalue weighted by Crippen LogP contribution is 2.23. The summed E-state index contributed by atoms with van der Waals surface area (Å²) in [6.45, 7) is 2.49. The largest absolute Gasteiger partial charge is 0.488 e. The van der Waals surface area contributed by atoms with Crippen molar-refractivity contribution in [1.29, 1.82) is 0 Å².